The van der Waals surface area contributed by atoms with E-state index in [4.69, 9.17) is 0 Å². The maximum Gasteiger partial charge on any atom is 0.402 e. The van der Waals surface area contributed by atoms with Gasteiger partial charge in [-0.25, -0.2) is 8.42 Å². The number of hydrogen-bond acceptors (Lipinski definition) is 3. The molecule has 22 heavy (non-hydrogen) atoms. The van der Waals surface area contributed by atoms with Crippen molar-refractivity contribution in [2.45, 2.75) is 49.0 Å². The summed E-state index contributed by atoms with van der Waals surface area (Å²) in [6, 6.07) is 0. The second kappa shape index (κ2) is 6.78. The largest absolute Gasteiger partial charge is 0.743 e. The van der Waals surface area contributed by atoms with E-state index in [2.05, 4.69) is 0 Å². The summed E-state index contributed by atoms with van der Waals surface area (Å²) in [7, 11) is -7.09. The van der Waals surface area contributed by atoms with Crippen LogP contribution in [0.2, 0.25) is 0 Å². The molecule has 4 nitrogen and oxygen atoms in total. The van der Waals surface area contributed by atoms with Crippen LogP contribution in [0.5, 0.6) is 0 Å². The summed E-state index contributed by atoms with van der Waals surface area (Å²) in [5.74, 6) is -12.2. The molecule has 136 valence electrons. The van der Waals surface area contributed by atoms with Gasteiger partial charge in [-0.15, -0.1) is 0 Å². The van der Waals surface area contributed by atoms with Crippen molar-refractivity contribution in [1.82, 2.24) is 6.15 Å². The predicted octanol–water partition coefficient (Wildman–Crippen LogP) is 3.89. The Kier molecular flexibility index (Phi) is 7.25. The van der Waals surface area contributed by atoms with Crippen LogP contribution in [-0.2, 0) is 10.1 Å². The summed E-state index contributed by atoms with van der Waals surface area (Å²) < 4.78 is 142. The van der Waals surface area contributed by atoms with Crippen LogP contribution in [0.3, 0.4) is 0 Å². The number of hydrogen-bond donors (Lipinski definition) is 1. The minimum Gasteiger partial charge on any atom is -0.743 e. The number of alkyl halides is 9. The lowest BCUT2D eigenvalue weighted by atomic mass is 10.0. The summed E-state index contributed by atoms with van der Waals surface area (Å²) in [5.41, 5.74) is 0. The molecule has 0 rings (SSSR count). The standard InChI is InChI=1S/C8H9F9O3S.H3N/c9-5(10,3-1-2-4-6(11,12)13)7(14,15)8(16,17)21(18,19)20;/h1-4H2,(H,18,19,20);1H3. The molecule has 0 aromatic rings. The molecule has 0 radical (unpaired) electrons. The summed E-state index contributed by atoms with van der Waals surface area (Å²) in [6.45, 7) is 0. The van der Waals surface area contributed by atoms with Gasteiger partial charge in [-0.3, -0.25) is 0 Å². The highest BCUT2D eigenvalue weighted by molar-refractivity contribution is 7.86. The van der Waals surface area contributed by atoms with Gasteiger partial charge in [0.15, 0.2) is 10.1 Å². The fourth-order valence-electron chi connectivity index (χ4n) is 1.20. The zero-order chi connectivity index (χ0) is 17.3. The van der Waals surface area contributed by atoms with Crippen LogP contribution < -0.4 is 6.15 Å². The molecule has 0 aromatic carbocycles. The van der Waals surface area contributed by atoms with Gasteiger partial charge in [0, 0.05) is 12.8 Å². The van der Waals surface area contributed by atoms with Crippen LogP contribution in [0.15, 0.2) is 0 Å². The SMILES string of the molecule is O=S(=O)([O-])C(F)(F)C(F)(F)C(F)(F)CCCCC(F)(F)F.[NH4+]. The average molecular weight is 373 g/mol. The molecular weight excluding hydrogens is 361 g/mol. The third-order valence-corrected chi connectivity index (χ3v) is 3.22. The van der Waals surface area contributed by atoms with E-state index in [1.54, 1.807) is 0 Å². The summed E-state index contributed by atoms with van der Waals surface area (Å²) in [5, 5.41) is -6.59. The summed E-state index contributed by atoms with van der Waals surface area (Å²) in [6.07, 6.45) is -10.8. The van der Waals surface area contributed by atoms with Crippen LogP contribution in [-0.4, -0.2) is 36.2 Å². The van der Waals surface area contributed by atoms with Crippen molar-refractivity contribution in [1.29, 1.82) is 0 Å². The minimum atomic E-state index is -7.09. The fourth-order valence-corrected chi connectivity index (χ4v) is 1.66. The molecule has 0 aliphatic carbocycles. The van der Waals surface area contributed by atoms with Crippen LogP contribution in [0.25, 0.3) is 0 Å². The number of halogens is 9. The molecule has 0 saturated carbocycles. The Morgan fingerprint density at radius 3 is 1.45 bits per heavy atom. The van der Waals surface area contributed by atoms with Crippen molar-refractivity contribution < 1.29 is 52.5 Å². The molecule has 14 heteroatoms. The maximum absolute atomic E-state index is 12.9. The van der Waals surface area contributed by atoms with Gasteiger partial charge in [-0.1, -0.05) is 0 Å². The highest BCUT2D eigenvalue weighted by Crippen LogP contribution is 2.50. The molecule has 0 spiro atoms. The minimum absolute atomic E-state index is 0. The van der Waals surface area contributed by atoms with Gasteiger partial charge in [0.05, 0.1) is 0 Å². The molecule has 0 heterocycles. The number of quaternary nitrogens is 1. The second-order valence-electron chi connectivity index (χ2n) is 4.07. The van der Waals surface area contributed by atoms with E-state index in [-0.39, 0.29) is 6.15 Å². The van der Waals surface area contributed by atoms with E-state index in [9.17, 15) is 52.5 Å². The summed E-state index contributed by atoms with van der Waals surface area (Å²) in [4.78, 5) is 0. The molecular formula is C8H12F9NO3S. The normalized spacial score (nSPS) is 14.6. The highest BCUT2D eigenvalue weighted by Gasteiger charge is 2.74. The molecule has 4 N–H and O–H groups in total. The third-order valence-electron chi connectivity index (χ3n) is 2.34. The van der Waals surface area contributed by atoms with Crippen LogP contribution in [0.4, 0.5) is 39.5 Å². The molecule has 0 fully saturated rings. The highest BCUT2D eigenvalue weighted by atomic mass is 32.2. The summed E-state index contributed by atoms with van der Waals surface area (Å²) >= 11 is 0. The van der Waals surface area contributed by atoms with Crippen molar-refractivity contribution in [3.63, 3.8) is 0 Å². The van der Waals surface area contributed by atoms with Crippen molar-refractivity contribution in [3.8, 4) is 0 Å². The molecule has 0 aliphatic heterocycles. The molecule has 0 amide bonds. The van der Waals surface area contributed by atoms with Gasteiger partial charge >= 0.3 is 23.3 Å². The average Bonchev–Trinajstić information content (AvgIpc) is 2.21. The topological polar surface area (TPSA) is 93.7 Å². The third kappa shape index (κ3) is 5.15. The van der Waals surface area contributed by atoms with Gasteiger partial charge in [-0.05, 0) is 12.8 Å². The van der Waals surface area contributed by atoms with E-state index in [1.165, 1.54) is 0 Å². The maximum atomic E-state index is 12.9. The van der Waals surface area contributed by atoms with Crippen LogP contribution in [0, 0.1) is 0 Å². The quantitative estimate of drug-likeness (QED) is 0.417. The lowest BCUT2D eigenvalue weighted by Gasteiger charge is -2.33. The fraction of sp³-hybridized carbons (Fsp3) is 1.00. The van der Waals surface area contributed by atoms with Crippen LogP contribution >= 0.6 is 0 Å². The zero-order valence-electron chi connectivity index (χ0n) is 10.9. The first-order valence-electron chi connectivity index (χ1n) is 5.11. The lowest BCUT2D eigenvalue weighted by Crippen LogP contribution is -2.57. The van der Waals surface area contributed by atoms with E-state index in [0.717, 1.165) is 0 Å². The Morgan fingerprint density at radius 2 is 1.14 bits per heavy atom. The Morgan fingerprint density at radius 1 is 0.773 bits per heavy atom. The molecule has 0 aliphatic rings. The van der Waals surface area contributed by atoms with E-state index < -0.39 is 59.1 Å². The van der Waals surface area contributed by atoms with E-state index >= 15 is 0 Å². The molecule has 0 saturated heterocycles. The lowest BCUT2D eigenvalue weighted by molar-refractivity contribution is -0.283. The van der Waals surface area contributed by atoms with Gasteiger partial charge in [0.25, 0.3) is 0 Å². The van der Waals surface area contributed by atoms with Crippen LogP contribution in [0.1, 0.15) is 25.7 Å². The smallest absolute Gasteiger partial charge is 0.402 e. The number of rotatable bonds is 7. The molecule has 0 bridgehead atoms. The predicted molar refractivity (Wildman–Crippen MR) is 55.0 cm³/mol. The first kappa shape index (κ1) is 23.5. The van der Waals surface area contributed by atoms with Gasteiger partial charge in [0.2, 0.25) is 0 Å². The van der Waals surface area contributed by atoms with Gasteiger partial charge in [0.1, 0.15) is 0 Å². The van der Waals surface area contributed by atoms with Crippen molar-refractivity contribution in [2.75, 3.05) is 0 Å². The van der Waals surface area contributed by atoms with Gasteiger partial charge < -0.3 is 10.7 Å². The molecule has 0 aromatic heterocycles. The van der Waals surface area contributed by atoms with Crippen molar-refractivity contribution >= 4 is 10.1 Å². The molecule has 0 atom stereocenters. The number of unbranched alkanes of at least 4 members (excludes halogenated alkanes) is 1. The Bertz CT molecular complexity index is 460. The monoisotopic (exact) mass is 373 g/mol. The second-order valence-corrected chi connectivity index (χ2v) is 5.49. The van der Waals surface area contributed by atoms with Crippen molar-refractivity contribution in [3.05, 3.63) is 0 Å². The first-order valence-corrected chi connectivity index (χ1v) is 6.52. The van der Waals surface area contributed by atoms with Crippen molar-refractivity contribution in [2.24, 2.45) is 0 Å². The van der Waals surface area contributed by atoms with Gasteiger partial charge in [-0.2, -0.15) is 39.5 Å². The van der Waals surface area contributed by atoms with E-state index in [0.29, 0.717) is 0 Å². The van der Waals surface area contributed by atoms with E-state index in [1.807, 2.05) is 0 Å². The zero-order valence-corrected chi connectivity index (χ0v) is 11.7. The molecule has 0 unspecified atom stereocenters. The Labute approximate surface area is 119 Å². The first-order chi connectivity index (χ1) is 8.96. The Balaban J connectivity index is 0. The Hall–Kier alpha value is -0.760.